The molecule has 0 fully saturated rings. The van der Waals surface area contributed by atoms with Crippen LogP contribution in [0.3, 0.4) is 0 Å². The van der Waals surface area contributed by atoms with Crippen molar-refractivity contribution in [2.45, 2.75) is 77.9 Å². The third-order valence-corrected chi connectivity index (χ3v) is 8.99. The number of sulfonamides is 1. The van der Waals surface area contributed by atoms with Gasteiger partial charge in [-0.05, 0) is 75.9 Å². The zero-order valence-corrected chi connectivity index (χ0v) is 25.2. The predicted octanol–water partition coefficient (Wildman–Crippen LogP) is 5.53. The number of nitrogens with one attached hydrogen (secondary N) is 1. The molecule has 0 saturated carbocycles. The highest BCUT2D eigenvalue weighted by Gasteiger charge is 2.34. The monoisotopic (exact) mass is 563 g/mol. The van der Waals surface area contributed by atoms with E-state index in [-0.39, 0.29) is 23.4 Å². The number of anilines is 1. The number of carbonyl (C=O) groups excluding carboxylic acids is 2. The van der Waals surface area contributed by atoms with Crippen molar-refractivity contribution >= 4 is 27.5 Å². The molecule has 2 amide bonds. The lowest BCUT2D eigenvalue weighted by Crippen LogP contribution is -2.53. The smallest absolute Gasteiger partial charge is 0.264 e. The highest BCUT2D eigenvalue weighted by atomic mass is 32.2. The van der Waals surface area contributed by atoms with Gasteiger partial charge in [0.05, 0.1) is 10.6 Å². The number of benzene rings is 3. The molecule has 3 aromatic carbocycles. The summed E-state index contributed by atoms with van der Waals surface area (Å²) in [6, 6.07) is 20.5. The third kappa shape index (κ3) is 7.50. The van der Waals surface area contributed by atoms with Crippen molar-refractivity contribution in [3.05, 3.63) is 95.1 Å². The van der Waals surface area contributed by atoms with Gasteiger partial charge in [0.2, 0.25) is 11.8 Å². The first kappa shape index (κ1) is 30.9. The van der Waals surface area contributed by atoms with Crippen molar-refractivity contribution in [3.63, 3.8) is 0 Å². The van der Waals surface area contributed by atoms with E-state index in [4.69, 9.17) is 0 Å². The van der Waals surface area contributed by atoms with Gasteiger partial charge >= 0.3 is 0 Å². The molecule has 0 saturated heterocycles. The Morgan fingerprint density at radius 2 is 1.40 bits per heavy atom. The lowest BCUT2D eigenvalue weighted by atomic mass is 10.1. The Hall–Kier alpha value is -3.65. The first-order valence-electron chi connectivity index (χ1n) is 13.8. The Morgan fingerprint density at radius 3 is 1.95 bits per heavy atom. The molecule has 3 aromatic rings. The maximum atomic E-state index is 14.1. The topological polar surface area (TPSA) is 86.8 Å². The van der Waals surface area contributed by atoms with Crippen molar-refractivity contribution in [1.82, 2.24) is 10.2 Å². The van der Waals surface area contributed by atoms with Gasteiger partial charge in [-0.15, -0.1) is 0 Å². The molecule has 0 aliphatic rings. The molecule has 8 heteroatoms. The highest BCUT2D eigenvalue weighted by molar-refractivity contribution is 7.92. The zero-order chi connectivity index (χ0) is 29.4. The van der Waals surface area contributed by atoms with Crippen molar-refractivity contribution in [3.8, 4) is 0 Å². The minimum atomic E-state index is -4.08. The lowest BCUT2D eigenvalue weighted by molar-refractivity contribution is -0.140. The van der Waals surface area contributed by atoms with Gasteiger partial charge in [0.25, 0.3) is 10.0 Å². The molecule has 214 valence electrons. The van der Waals surface area contributed by atoms with Crippen LogP contribution in [-0.2, 0) is 26.2 Å². The maximum absolute atomic E-state index is 14.1. The zero-order valence-electron chi connectivity index (χ0n) is 24.3. The van der Waals surface area contributed by atoms with E-state index in [0.717, 1.165) is 33.0 Å². The van der Waals surface area contributed by atoms with Gasteiger partial charge in [-0.1, -0.05) is 73.5 Å². The Balaban J connectivity index is 2.06. The van der Waals surface area contributed by atoms with Crippen LogP contribution in [0.1, 0.15) is 55.9 Å². The predicted molar refractivity (Wildman–Crippen MR) is 161 cm³/mol. The van der Waals surface area contributed by atoms with E-state index in [1.165, 1.54) is 4.90 Å². The van der Waals surface area contributed by atoms with Gasteiger partial charge in [-0.3, -0.25) is 13.9 Å². The molecule has 1 N–H and O–H groups in total. The van der Waals surface area contributed by atoms with E-state index >= 15 is 0 Å². The second kappa shape index (κ2) is 13.6. The fourth-order valence-corrected chi connectivity index (χ4v) is 5.82. The molecule has 7 nitrogen and oxygen atoms in total. The standard InChI is InChI=1S/C32H41N3O4S/c1-7-26(6)33-32(37)30(8-2)34(21-27-12-10-9-11-25(27)5)31(36)22-35(28-17-13-23(3)14-18-28)40(38,39)29-19-15-24(4)16-20-29/h9-20,26,30H,7-8,21-22H2,1-6H3,(H,33,37)/t26-,30-/m0/s1. The second-order valence-corrected chi connectivity index (χ2v) is 12.2. The van der Waals surface area contributed by atoms with Gasteiger partial charge in [-0.2, -0.15) is 0 Å². The molecule has 0 radical (unpaired) electrons. The minimum Gasteiger partial charge on any atom is -0.352 e. The fraction of sp³-hybridized carbons (Fsp3) is 0.375. The van der Waals surface area contributed by atoms with E-state index in [9.17, 15) is 18.0 Å². The van der Waals surface area contributed by atoms with Gasteiger partial charge in [0, 0.05) is 12.6 Å². The van der Waals surface area contributed by atoms with Gasteiger partial charge in [0.15, 0.2) is 0 Å². The highest BCUT2D eigenvalue weighted by Crippen LogP contribution is 2.26. The van der Waals surface area contributed by atoms with Crippen LogP contribution >= 0.6 is 0 Å². The number of hydrogen-bond donors (Lipinski definition) is 1. The fourth-order valence-electron chi connectivity index (χ4n) is 4.41. The van der Waals surface area contributed by atoms with Crippen LogP contribution in [0.15, 0.2) is 77.7 Å². The molecule has 0 bridgehead atoms. The summed E-state index contributed by atoms with van der Waals surface area (Å²) in [6.07, 6.45) is 1.14. The summed E-state index contributed by atoms with van der Waals surface area (Å²) in [6.45, 7) is 11.3. The first-order valence-corrected chi connectivity index (χ1v) is 15.2. The number of carbonyl (C=O) groups is 2. The number of rotatable bonds is 12. The Morgan fingerprint density at radius 1 is 0.825 bits per heavy atom. The molecule has 0 spiro atoms. The minimum absolute atomic E-state index is 0.0528. The summed E-state index contributed by atoms with van der Waals surface area (Å²) in [5.41, 5.74) is 4.16. The van der Waals surface area contributed by atoms with Crippen LogP contribution in [0.2, 0.25) is 0 Å². The summed E-state index contributed by atoms with van der Waals surface area (Å²) < 4.78 is 29.0. The molecule has 3 rings (SSSR count). The Bertz CT molecular complexity index is 1400. The van der Waals surface area contributed by atoms with Gasteiger partial charge in [-0.25, -0.2) is 8.42 Å². The van der Waals surface area contributed by atoms with Gasteiger partial charge < -0.3 is 10.2 Å². The quantitative estimate of drug-likeness (QED) is 0.314. The average molecular weight is 564 g/mol. The third-order valence-electron chi connectivity index (χ3n) is 7.20. The van der Waals surface area contributed by atoms with Crippen molar-refractivity contribution in [1.29, 1.82) is 0 Å². The van der Waals surface area contributed by atoms with E-state index in [1.807, 2.05) is 77.9 Å². The summed E-state index contributed by atoms with van der Waals surface area (Å²) in [5.74, 6) is -0.701. The molecular formula is C32H41N3O4S. The van der Waals surface area contributed by atoms with Crippen LogP contribution in [0.25, 0.3) is 0 Å². The van der Waals surface area contributed by atoms with E-state index < -0.39 is 28.5 Å². The molecule has 0 aliphatic carbocycles. The molecular weight excluding hydrogens is 522 g/mol. The van der Waals surface area contributed by atoms with Crippen LogP contribution in [0.4, 0.5) is 5.69 Å². The number of amides is 2. The first-order chi connectivity index (χ1) is 19.0. The van der Waals surface area contributed by atoms with Crippen molar-refractivity contribution < 1.29 is 18.0 Å². The normalized spacial score (nSPS) is 12.8. The second-order valence-electron chi connectivity index (χ2n) is 10.4. The molecule has 0 aliphatic heterocycles. The van der Waals surface area contributed by atoms with Gasteiger partial charge in [0.1, 0.15) is 12.6 Å². The molecule has 0 aromatic heterocycles. The SMILES string of the molecule is CC[C@H](C)NC(=O)[C@H](CC)N(Cc1ccccc1C)C(=O)CN(c1ccc(C)cc1)S(=O)(=O)c1ccc(C)cc1. The van der Waals surface area contributed by atoms with E-state index in [2.05, 4.69) is 5.32 Å². The average Bonchev–Trinajstić information content (AvgIpc) is 2.93. The summed E-state index contributed by atoms with van der Waals surface area (Å²) in [5, 5.41) is 3.00. The summed E-state index contributed by atoms with van der Waals surface area (Å²) in [4.78, 5) is 29.1. The van der Waals surface area contributed by atoms with Crippen molar-refractivity contribution in [2.24, 2.45) is 0 Å². The molecule has 2 atom stereocenters. The van der Waals surface area contributed by atoms with E-state index in [0.29, 0.717) is 12.1 Å². The Labute approximate surface area is 239 Å². The number of aryl methyl sites for hydroxylation is 3. The van der Waals surface area contributed by atoms with Crippen LogP contribution in [-0.4, -0.2) is 43.8 Å². The molecule has 40 heavy (non-hydrogen) atoms. The summed E-state index contributed by atoms with van der Waals surface area (Å²) in [7, 11) is -4.08. The Kier molecular flexibility index (Phi) is 10.5. The van der Waals surface area contributed by atoms with Crippen molar-refractivity contribution in [2.75, 3.05) is 10.8 Å². The molecule has 0 unspecified atom stereocenters. The van der Waals surface area contributed by atoms with E-state index in [1.54, 1.807) is 36.4 Å². The van der Waals surface area contributed by atoms with Crippen LogP contribution in [0.5, 0.6) is 0 Å². The number of hydrogen-bond acceptors (Lipinski definition) is 4. The largest absolute Gasteiger partial charge is 0.352 e. The number of nitrogens with zero attached hydrogens (tertiary/aromatic N) is 2. The molecule has 0 heterocycles. The summed E-state index contributed by atoms with van der Waals surface area (Å²) >= 11 is 0. The lowest BCUT2D eigenvalue weighted by Gasteiger charge is -2.34. The van der Waals surface area contributed by atoms with Crippen LogP contribution < -0.4 is 9.62 Å². The maximum Gasteiger partial charge on any atom is 0.264 e. The van der Waals surface area contributed by atoms with Crippen LogP contribution in [0, 0.1) is 20.8 Å².